The van der Waals surface area contributed by atoms with Crippen LogP contribution in [-0.2, 0) is 18.4 Å². The summed E-state index contributed by atoms with van der Waals surface area (Å²) in [5, 5.41) is 13.0. The van der Waals surface area contributed by atoms with Crippen molar-refractivity contribution >= 4 is 23.1 Å². The number of nitrogens with zero attached hydrogens (tertiary/aromatic N) is 5. The summed E-state index contributed by atoms with van der Waals surface area (Å²) < 4.78 is 3.79. The molecule has 0 amide bonds. The molecule has 1 unspecified atom stereocenters. The van der Waals surface area contributed by atoms with E-state index >= 15 is 0 Å². The Hall–Kier alpha value is -3.06. The van der Waals surface area contributed by atoms with Crippen LogP contribution in [0, 0.1) is 11.8 Å². The zero-order valence-corrected chi connectivity index (χ0v) is 16.9. The molecule has 29 heavy (non-hydrogen) atoms. The molecule has 0 radical (unpaired) electrons. The molecule has 1 saturated heterocycles. The maximum atomic E-state index is 13.0. The van der Waals surface area contributed by atoms with Crippen LogP contribution in [-0.4, -0.2) is 55.9 Å². The summed E-state index contributed by atoms with van der Waals surface area (Å²) in [6.07, 6.45) is 0.827. The largest absolute Gasteiger partial charge is 0.480 e. The van der Waals surface area contributed by atoms with Crippen LogP contribution >= 0.6 is 0 Å². The van der Waals surface area contributed by atoms with Gasteiger partial charge in [-0.05, 0) is 13.3 Å². The minimum Gasteiger partial charge on any atom is -0.480 e. The summed E-state index contributed by atoms with van der Waals surface area (Å²) >= 11 is 0. The van der Waals surface area contributed by atoms with Crippen molar-refractivity contribution in [1.82, 2.24) is 24.0 Å². The van der Waals surface area contributed by atoms with E-state index in [1.54, 1.807) is 11.5 Å². The normalized spacial score (nSPS) is 15.2. The predicted octanol–water partition coefficient (Wildman–Crippen LogP) is -0.245. The van der Waals surface area contributed by atoms with Crippen molar-refractivity contribution < 1.29 is 9.90 Å². The smallest absolute Gasteiger partial charge is 0.333 e. The Morgan fingerprint density at radius 3 is 2.59 bits per heavy atom. The van der Waals surface area contributed by atoms with Crippen LogP contribution in [0.5, 0.6) is 0 Å². The molecule has 1 fully saturated rings. The van der Waals surface area contributed by atoms with Crippen LogP contribution in [0.3, 0.4) is 0 Å². The van der Waals surface area contributed by atoms with Gasteiger partial charge in [0.2, 0.25) is 5.95 Å². The highest BCUT2D eigenvalue weighted by Crippen LogP contribution is 2.23. The first-order valence-corrected chi connectivity index (χ1v) is 9.72. The highest BCUT2D eigenvalue weighted by atomic mass is 16.4. The number of aromatic nitrogens is 4. The third-order valence-electron chi connectivity index (χ3n) is 5.13. The van der Waals surface area contributed by atoms with Gasteiger partial charge in [0.1, 0.15) is 6.04 Å². The van der Waals surface area contributed by atoms with Crippen LogP contribution in [0.25, 0.3) is 11.2 Å². The number of aliphatic carboxylic acids is 1. The fourth-order valence-electron chi connectivity index (χ4n) is 3.64. The van der Waals surface area contributed by atoms with Crippen molar-refractivity contribution in [3.8, 4) is 11.8 Å². The minimum atomic E-state index is -1.12. The first-order valence-electron chi connectivity index (χ1n) is 9.72. The third-order valence-corrected chi connectivity index (χ3v) is 5.13. The molecule has 2 N–H and O–H groups in total. The lowest BCUT2D eigenvalue weighted by Crippen LogP contribution is -2.44. The summed E-state index contributed by atoms with van der Waals surface area (Å²) in [4.78, 5) is 44.5. The van der Waals surface area contributed by atoms with Crippen LogP contribution < -0.4 is 21.5 Å². The average Bonchev–Trinajstić information content (AvgIpc) is 3.09. The number of imidazole rings is 1. The van der Waals surface area contributed by atoms with E-state index in [4.69, 9.17) is 0 Å². The number of hydrogen-bond acceptors (Lipinski definition) is 6. The molecule has 3 heterocycles. The average molecular weight is 402 g/mol. The SMILES string of the molecule is CC#CCn1c(N2CCNCC2)nc2c1c(=O)n(C)c(=O)n2C(CCC)C(=O)O. The standard InChI is InChI=1S/C19H26N6O4/c1-4-6-10-24-14-15(21-18(24)23-11-8-20-9-12-23)25(13(7-5-2)17(27)28)19(29)22(3)16(14)26/h13,20H,5,7-12H2,1-3H3,(H,27,28). The van der Waals surface area contributed by atoms with Gasteiger partial charge in [-0.25, -0.2) is 9.59 Å². The Morgan fingerprint density at radius 1 is 1.31 bits per heavy atom. The molecule has 3 rings (SSSR count). The number of carbonyl (C=O) groups is 1. The molecule has 1 aliphatic rings. The summed E-state index contributed by atoms with van der Waals surface area (Å²) in [6.45, 7) is 6.68. The van der Waals surface area contributed by atoms with Crippen molar-refractivity contribution in [2.45, 2.75) is 39.3 Å². The minimum absolute atomic E-state index is 0.102. The Labute approximate surface area is 167 Å². The number of anilines is 1. The molecular formula is C19H26N6O4. The van der Waals surface area contributed by atoms with Gasteiger partial charge in [0.15, 0.2) is 11.2 Å². The van der Waals surface area contributed by atoms with Crippen LogP contribution in [0.4, 0.5) is 5.95 Å². The highest BCUT2D eigenvalue weighted by molar-refractivity contribution is 5.79. The van der Waals surface area contributed by atoms with Crippen molar-refractivity contribution in [1.29, 1.82) is 0 Å². The van der Waals surface area contributed by atoms with E-state index in [1.165, 1.54) is 7.05 Å². The van der Waals surface area contributed by atoms with E-state index in [-0.39, 0.29) is 24.1 Å². The summed E-state index contributed by atoms with van der Waals surface area (Å²) in [7, 11) is 1.36. The molecule has 1 atom stereocenters. The van der Waals surface area contributed by atoms with E-state index in [2.05, 4.69) is 22.1 Å². The van der Waals surface area contributed by atoms with Gasteiger partial charge >= 0.3 is 11.7 Å². The zero-order valence-electron chi connectivity index (χ0n) is 16.9. The molecule has 0 spiro atoms. The Kier molecular flexibility index (Phi) is 6.08. The first kappa shape index (κ1) is 20.7. The summed E-state index contributed by atoms with van der Waals surface area (Å²) in [5.41, 5.74) is -0.883. The molecule has 2 aromatic heterocycles. The number of rotatable bonds is 6. The quantitative estimate of drug-likeness (QED) is 0.641. The molecule has 2 aromatic rings. The first-order chi connectivity index (χ1) is 13.9. The van der Waals surface area contributed by atoms with E-state index in [1.807, 2.05) is 11.8 Å². The van der Waals surface area contributed by atoms with Crippen molar-refractivity contribution in [2.75, 3.05) is 31.1 Å². The van der Waals surface area contributed by atoms with Gasteiger partial charge in [0.25, 0.3) is 5.56 Å². The molecule has 10 heteroatoms. The Balaban J connectivity index is 2.38. The number of nitrogens with one attached hydrogen (secondary N) is 1. The maximum Gasteiger partial charge on any atom is 0.333 e. The van der Waals surface area contributed by atoms with Gasteiger partial charge in [-0.1, -0.05) is 19.3 Å². The predicted molar refractivity (Wildman–Crippen MR) is 109 cm³/mol. The Bertz CT molecular complexity index is 1090. The number of fused-ring (bicyclic) bond motifs is 1. The van der Waals surface area contributed by atoms with Crippen molar-refractivity contribution in [3.05, 3.63) is 20.8 Å². The molecule has 1 aliphatic heterocycles. The Morgan fingerprint density at radius 2 is 2.00 bits per heavy atom. The second-order valence-corrected chi connectivity index (χ2v) is 6.99. The maximum absolute atomic E-state index is 13.0. The van der Waals surface area contributed by atoms with E-state index in [0.717, 1.165) is 22.2 Å². The molecular weight excluding hydrogens is 376 g/mol. The second kappa shape index (κ2) is 8.53. The van der Waals surface area contributed by atoms with Gasteiger partial charge in [0.05, 0.1) is 6.54 Å². The van der Waals surface area contributed by atoms with Crippen LogP contribution in [0.2, 0.25) is 0 Å². The lowest BCUT2D eigenvalue weighted by atomic mass is 10.1. The van der Waals surface area contributed by atoms with Crippen LogP contribution in [0.15, 0.2) is 9.59 Å². The number of hydrogen-bond donors (Lipinski definition) is 2. The van der Waals surface area contributed by atoms with Gasteiger partial charge in [-0.3, -0.25) is 18.5 Å². The molecule has 0 saturated carbocycles. The lowest BCUT2D eigenvalue weighted by molar-refractivity contribution is -0.141. The fraction of sp³-hybridized carbons (Fsp3) is 0.579. The zero-order chi connectivity index (χ0) is 21.1. The topological polar surface area (TPSA) is 114 Å². The molecule has 0 aromatic carbocycles. The van der Waals surface area contributed by atoms with Crippen molar-refractivity contribution in [2.24, 2.45) is 7.05 Å². The number of carboxylic acids is 1. The summed E-state index contributed by atoms with van der Waals surface area (Å²) in [5.74, 6) is 5.18. The van der Waals surface area contributed by atoms with E-state index in [0.29, 0.717) is 25.5 Å². The highest BCUT2D eigenvalue weighted by Gasteiger charge is 2.29. The third kappa shape index (κ3) is 3.65. The van der Waals surface area contributed by atoms with E-state index in [9.17, 15) is 19.5 Å². The number of carboxylic acid groups (broad SMARTS) is 1. The van der Waals surface area contributed by atoms with Gasteiger partial charge in [0, 0.05) is 33.2 Å². The van der Waals surface area contributed by atoms with Crippen LogP contribution in [0.1, 0.15) is 32.7 Å². The van der Waals surface area contributed by atoms with Gasteiger partial charge in [-0.2, -0.15) is 4.98 Å². The molecule has 10 nitrogen and oxygen atoms in total. The molecule has 156 valence electrons. The molecule has 0 aliphatic carbocycles. The second-order valence-electron chi connectivity index (χ2n) is 6.99. The van der Waals surface area contributed by atoms with E-state index < -0.39 is 23.3 Å². The lowest BCUT2D eigenvalue weighted by Gasteiger charge is -2.28. The fourth-order valence-corrected chi connectivity index (χ4v) is 3.64. The summed E-state index contributed by atoms with van der Waals surface area (Å²) in [6, 6.07) is -1.10. The monoisotopic (exact) mass is 402 g/mol. The van der Waals surface area contributed by atoms with Crippen molar-refractivity contribution in [3.63, 3.8) is 0 Å². The van der Waals surface area contributed by atoms with Gasteiger partial charge in [-0.15, -0.1) is 5.92 Å². The molecule has 0 bridgehead atoms. The van der Waals surface area contributed by atoms with Gasteiger partial charge < -0.3 is 15.3 Å². The number of piperazine rings is 1.